The van der Waals surface area contributed by atoms with Crippen LogP contribution in [-0.2, 0) is 0 Å². The summed E-state index contributed by atoms with van der Waals surface area (Å²) in [4.78, 5) is 20.4. The number of hydrogen-bond donors (Lipinski definition) is 0. The average Bonchev–Trinajstić information content (AvgIpc) is 3.17. The molecule has 1 saturated carbocycles. The molecule has 0 N–H and O–H groups in total. The van der Waals surface area contributed by atoms with E-state index in [9.17, 15) is 9.18 Å². The topological polar surface area (TPSA) is 33.2 Å². The molecule has 0 unspecified atom stereocenters. The summed E-state index contributed by atoms with van der Waals surface area (Å²) < 4.78 is 13.1. The van der Waals surface area contributed by atoms with Crippen LogP contribution in [0.2, 0.25) is 0 Å². The molecule has 0 atom stereocenters. The first kappa shape index (κ1) is 17.1. The molecule has 0 spiro atoms. The molecule has 0 bridgehead atoms. The third-order valence-electron chi connectivity index (χ3n) is 4.59. The number of rotatable bonds is 4. The van der Waals surface area contributed by atoms with E-state index < -0.39 is 0 Å². The molecule has 2 aromatic rings. The monoisotopic (exact) mass is 346 g/mol. The van der Waals surface area contributed by atoms with Crippen molar-refractivity contribution >= 4 is 17.2 Å². The molecule has 0 saturated heterocycles. The van der Waals surface area contributed by atoms with Crippen LogP contribution in [-0.4, -0.2) is 27.9 Å². The van der Waals surface area contributed by atoms with Crippen molar-refractivity contribution in [3.8, 4) is 10.6 Å². The zero-order chi connectivity index (χ0) is 17.3. The molecule has 24 heavy (non-hydrogen) atoms. The van der Waals surface area contributed by atoms with Crippen molar-refractivity contribution in [3.05, 3.63) is 40.7 Å². The van der Waals surface area contributed by atoms with Gasteiger partial charge in [0, 0.05) is 17.6 Å². The van der Waals surface area contributed by atoms with Crippen molar-refractivity contribution in [2.45, 2.75) is 58.5 Å². The second-order valence-corrected chi connectivity index (χ2v) is 7.68. The largest absolute Gasteiger partial charge is 0.332 e. The third kappa shape index (κ3) is 3.36. The Morgan fingerprint density at radius 3 is 2.46 bits per heavy atom. The Morgan fingerprint density at radius 2 is 1.88 bits per heavy atom. The second-order valence-electron chi connectivity index (χ2n) is 6.68. The van der Waals surface area contributed by atoms with E-state index in [1.165, 1.54) is 36.3 Å². The molecule has 0 radical (unpaired) electrons. The molecule has 1 aromatic carbocycles. The van der Waals surface area contributed by atoms with Crippen LogP contribution in [0.4, 0.5) is 4.39 Å². The fourth-order valence-corrected chi connectivity index (χ4v) is 4.45. The van der Waals surface area contributed by atoms with Crippen molar-refractivity contribution in [3.63, 3.8) is 0 Å². The zero-order valence-electron chi connectivity index (χ0n) is 14.4. The minimum atomic E-state index is -0.268. The van der Waals surface area contributed by atoms with E-state index in [0.29, 0.717) is 10.9 Å². The summed E-state index contributed by atoms with van der Waals surface area (Å²) in [6.07, 6.45) is 4.58. The Bertz CT molecular complexity index is 717. The van der Waals surface area contributed by atoms with Gasteiger partial charge in [-0.3, -0.25) is 4.79 Å². The van der Waals surface area contributed by atoms with E-state index in [1.807, 2.05) is 11.8 Å². The molecule has 3 nitrogen and oxygen atoms in total. The maximum Gasteiger partial charge on any atom is 0.266 e. The molecular formula is C19H23FN2OS. The smallest absolute Gasteiger partial charge is 0.266 e. The molecule has 1 fully saturated rings. The maximum absolute atomic E-state index is 13.1. The van der Waals surface area contributed by atoms with E-state index in [2.05, 4.69) is 18.8 Å². The fourth-order valence-electron chi connectivity index (χ4n) is 3.43. The summed E-state index contributed by atoms with van der Waals surface area (Å²) in [5.41, 5.74) is 1.61. The molecule has 1 aromatic heterocycles. The highest BCUT2D eigenvalue weighted by atomic mass is 32.1. The minimum Gasteiger partial charge on any atom is -0.332 e. The van der Waals surface area contributed by atoms with Crippen LogP contribution < -0.4 is 0 Å². The number of carbonyl (C=O) groups is 1. The van der Waals surface area contributed by atoms with Gasteiger partial charge >= 0.3 is 0 Å². The first-order chi connectivity index (χ1) is 11.5. The van der Waals surface area contributed by atoms with Gasteiger partial charge in [0.15, 0.2) is 0 Å². The number of halogens is 1. The zero-order valence-corrected chi connectivity index (χ0v) is 15.2. The van der Waals surface area contributed by atoms with Crippen LogP contribution >= 0.6 is 11.3 Å². The van der Waals surface area contributed by atoms with E-state index in [-0.39, 0.29) is 17.8 Å². The maximum atomic E-state index is 13.1. The molecule has 1 aliphatic carbocycles. The second kappa shape index (κ2) is 7.01. The van der Waals surface area contributed by atoms with Gasteiger partial charge in [0.2, 0.25) is 0 Å². The minimum absolute atomic E-state index is 0.0836. The Morgan fingerprint density at radius 1 is 1.25 bits per heavy atom. The van der Waals surface area contributed by atoms with Gasteiger partial charge in [-0.15, -0.1) is 11.3 Å². The average molecular weight is 346 g/mol. The summed E-state index contributed by atoms with van der Waals surface area (Å²) in [5, 5.41) is 0.769. The van der Waals surface area contributed by atoms with Crippen molar-refractivity contribution in [1.29, 1.82) is 0 Å². The standard InChI is InChI=1S/C19H23FN2OS/c1-12(2)22(16-6-4-5-7-16)19(23)17-13(3)21-18(24-17)14-8-10-15(20)11-9-14/h8-12,16H,4-7H2,1-3H3. The van der Waals surface area contributed by atoms with Crippen molar-refractivity contribution in [1.82, 2.24) is 9.88 Å². The van der Waals surface area contributed by atoms with Gasteiger partial charge in [-0.1, -0.05) is 12.8 Å². The third-order valence-corrected chi connectivity index (χ3v) is 5.79. The number of nitrogens with zero attached hydrogens (tertiary/aromatic N) is 2. The summed E-state index contributed by atoms with van der Waals surface area (Å²) in [6, 6.07) is 6.78. The first-order valence-electron chi connectivity index (χ1n) is 8.53. The molecule has 1 amide bonds. The van der Waals surface area contributed by atoms with Crippen LogP contribution in [0.15, 0.2) is 24.3 Å². The van der Waals surface area contributed by atoms with E-state index in [1.54, 1.807) is 12.1 Å². The van der Waals surface area contributed by atoms with Crippen LogP contribution in [0.5, 0.6) is 0 Å². The molecule has 1 aliphatic rings. The number of benzene rings is 1. The number of hydrogen-bond acceptors (Lipinski definition) is 3. The summed E-state index contributed by atoms with van der Waals surface area (Å²) in [6.45, 7) is 6.03. The van der Waals surface area contributed by atoms with Crippen molar-refractivity contribution in [2.75, 3.05) is 0 Å². The highest BCUT2D eigenvalue weighted by Gasteiger charge is 2.31. The molecule has 1 heterocycles. The molecule has 0 aliphatic heterocycles. The van der Waals surface area contributed by atoms with E-state index in [0.717, 1.165) is 29.1 Å². The number of thiazole rings is 1. The van der Waals surface area contributed by atoms with Gasteiger partial charge in [0.05, 0.1) is 5.69 Å². The van der Waals surface area contributed by atoms with Gasteiger partial charge in [0.25, 0.3) is 5.91 Å². The SMILES string of the molecule is Cc1nc(-c2ccc(F)cc2)sc1C(=O)N(C(C)C)C1CCCC1. The van der Waals surface area contributed by atoms with Crippen LogP contribution in [0, 0.1) is 12.7 Å². The molecule has 5 heteroatoms. The van der Waals surface area contributed by atoms with E-state index in [4.69, 9.17) is 0 Å². The predicted octanol–water partition coefficient (Wildman–Crippen LogP) is 5.05. The highest BCUT2D eigenvalue weighted by Crippen LogP contribution is 2.32. The van der Waals surface area contributed by atoms with Gasteiger partial charge in [-0.25, -0.2) is 9.37 Å². The highest BCUT2D eigenvalue weighted by molar-refractivity contribution is 7.17. The van der Waals surface area contributed by atoms with E-state index >= 15 is 0 Å². The number of aryl methyl sites for hydroxylation is 1. The normalized spacial score (nSPS) is 15.2. The quantitative estimate of drug-likeness (QED) is 0.776. The summed E-state index contributed by atoms with van der Waals surface area (Å²) in [5.74, 6) is -0.184. The van der Waals surface area contributed by atoms with Crippen LogP contribution in [0.1, 0.15) is 54.9 Å². The van der Waals surface area contributed by atoms with Gasteiger partial charge < -0.3 is 4.90 Å². The Kier molecular flexibility index (Phi) is 4.99. The van der Waals surface area contributed by atoms with Crippen LogP contribution in [0.3, 0.4) is 0 Å². The predicted molar refractivity (Wildman–Crippen MR) is 95.8 cm³/mol. The fraction of sp³-hybridized carbons (Fsp3) is 0.474. The Balaban J connectivity index is 1.90. The molecule has 128 valence electrons. The Hall–Kier alpha value is -1.75. The molecular weight excluding hydrogens is 323 g/mol. The first-order valence-corrected chi connectivity index (χ1v) is 9.35. The summed E-state index contributed by atoms with van der Waals surface area (Å²) in [7, 11) is 0. The van der Waals surface area contributed by atoms with Gasteiger partial charge in [0.1, 0.15) is 15.7 Å². The van der Waals surface area contributed by atoms with Gasteiger partial charge in [-0.05, 0) is 57.9 Å². The number of amides is 1. The number of aromatic nitrogens is 1. The lowest BCUT2D eigenvalue weighted by atomic mass is 10.1. The van der Waals surface area contributed by atoms with Crippen molar-refractivity contribution in [2.24, 2.45) is 0 Å². The van der Waals surface area contributed by atoms with Gasteiger partial charge in [-0.2, -0.15) is 0 Å². The van der Waals surface area contributed by atoms with Crippen LogP contribution in [0.25, 0.3) is 10.6 Å². The lowest BCUT2D eigenvalue weighted by molar-refractivity contribution is 0.0617. The Labute approximate surface area is 146 Å². The molecule has 3 rings (SSSR count). The van der Waals surface area contributed by atoms with Crippen molar-refractivity contribution < 1.29 is 9.18 Å². The lowest BCUT2D eigenvalue weighted by Crippen LogP contribution is -2.43. The lowest BCUT2D eigenvalue weighted by Gasteiger charge is -2.32. The summed E-state index contributed by atoms with van der Waals surface area (Å²) >= 11 is 1.41. The number of carbonyl (C=O) groups excluding carboxylic acids is 1.